The lowest BCUT2D eigenvalue weighted by Crippen LogP contribution is -2.36. The Bertz CT molecular complexity index is 170. The van der Waals surface area contributed by atoms with E-state index in [4.69, 9.17) is 5.73 Å². The smallest absolute Gasteiger partial charge is 0.207 e. The number of nitrogens with zero attached hydrogens (tertiary/aromatic N) is 1. The van der Waals surface area contributed by atoms with Crippen LogP contribution in [0, 0.1) is 0 Å². The number of rotatable bonds is 8. The molecule has 5 heteroatoms. The van der Waals surface area contributed by atoms with E-state index in [1.165, 1.54) is 12.8 Å². The lowest BCUT2D eigenvalue weighted by Gasteiger charge is -2.04. The zero-order chi connectivity index (χ0) is 10.6. The molecule has 0 bridgehead atoms. The Morgan fingerprint density at radius 1 is 1.43 bits per heavy atom. The molecule has 14 heavy (non-hydrogen) atoms. The van der Waals surface area contributed by atoms with Gasteiger partial charge in [0.1, 0.15) is 0 Å². The fourth-order valence-corrected chi connectivity index (χ4v) is 0.939. The second-order valence-electron chi connectivity index (χ2n) is 2.97. The van der Waals surface area contributed by atoms with Crippen molar-refractivity contribution in [2.45, 2.75) is 26.2 Å². The van der Waals surface area contributed by atoms with Crippen LogP contribution < -0.4 is 16.4 Å². The summed E-state index contributed by atoms with van der Waals surface area (Å²) < 4.78 is 0. The van der Waals surface area contributed by atoms with Crippen LogP contribution in [-0.4, -0.2) is 32.0 Å². The normalized spacial score (nSPS) is 11.1. The number of unbranched alkanes of at least 4 members (excludes halogenated alkanes) is 2. The van der Waals surface area contributed by atoms with Crippen molar-refractivity contribution >= 4 is 12.4 Å². The van der Waals surface area contributed by atoms with Crippen LogP contribution in [0.4, 0.5) is 0 Å². The molecule has 0 fully saturated rings. The fraction of sp³-hybridized carbons (Fsp3) is 0.778. The maximum absolute atomic E-state index is 9.89. The van der Waals surface area contributed by atoms with Crippen molar-refractivity contribution in [2.24, 2.45) is 10.7 Å². The van der Waals surface area contributed by atoms with Crippen molar-refractivity contribution in [1.29, 1.82) is 0 Å². The summed E-state index contributed by atoms with van der Waals surface area (Å²) in [6.45, 7) is 4.10. The SMILES string of the molecule is CCCCCN=C(N)NCCNC=O. The summed E-state index contributed by atoms with van der Waals surface area (Å²) in [5, 5.41) is 5.43. The topological polar surface area (TPSA) is 79.5 Å². The van der Waals surface area contributed by atoms with Gasteiger partial charge in [0.05, 0.1) is 0 Å². The number of nitrogens with two attached hydrogens (primary N) is 1. The summed E-state index contributed by atoms with van der Waals surface area (Å²) in [7, 11) is 0. The van der Waals surface area contributed by atoms with Gasteiger partial charge in [-0.05, 0) is 6.42 Å². The van der Waals surface area contributed by atoms with Gasteiger partial charge in [-0.1, -0.05) is 19.8 Å². The van der Waals surface area contributed by atoms with Gasteiger partial charge < -0.3 is 16.4 Å². The van der Waals surface area contributed by atoms with E-state index < -0.39 is 0 Å². The summed E-state index contributed by atoms with van der Waals surface area (Å²) in [5.74, 6) is 0.453. The standard InChI is InChI=1S/C9H20N4O/c1-2-3-4-5-12-9(10)13-7-6-11-8-14/h8H,2-7H2,1H3,(H,11,14)(H3,10,12,13). The molecule has 4 N–H and O–H groups in total. The lowest BCUT2D eigenvalue weighted by molar-refractivity contribution is -0.109. The lowest BCUT2D eigenvalue weighted by atomic mass is 10.2. The van der Waals surface area contributed by atoms with E-state index >= 15 is 0 Å². The predicted octanol–water partition coefficient (Wildman–Crippen LogP) is -0.173. The average molecular weight is 200 g/mol. The van der Waals surface area contributed by atoms with Gasteiger partial charge in [-0.2, -0.15) is 0 Å². The van der Waals surface area contributed by atoms with Gasteiger partial charge in [-0.3, -0.25) is 9.79 Å². The van der Waals surface area contributed by atoms with Crippen LogP contribution >= 0.6 is 0 Å². The van der Waals surface area contributed by atoms with Crippen LogP contribution in [-0.2, 0) is 4.79 Å². The van der Waals surface area contributed by atoms with Crippen LogP contribution in [0.3, 0.4) is 0 Å². The van der Waals surface area contributed by atoms with Crippen LogP contribution in [0.2, 0.25) is 0 Å². The minimum Gasteiger partial charge on any atom is -0.370 e. The highest BCUT2D eigenvalue weighted by atomic mass is 16.1. The highest BCUT2D eigenvalue weighted by Crippen LogP contribution is 1.92. The molecular formula is C9H20N4O. The number of hydrogen-bond acceptors (Lipinski definition) is 2. The minimum absolute atomic E-state index is 0.453. The van der Waals surface area contributed by atoms with E-state index in [1.807, 2.05) is 0 Å². The van der Waals surface area contributed by atoms with Crippen LogP contribution in [0.15, 0.2) is 4.99 Å². The monoisotopic (exact) mass is 200 g/mol. The first-order chi connectivity index (χ1) is 6.81. The van der Waals surface area contributed by atoms with E-state index in [0.29, 0.717) is 25.5 Å². The molecule has 0 saturated carbocycles. The second-order valence-corrected chi connectivity index (χ2v) is 2.97. The largest absolute Gasteiger partial charge is 0.370 e. The molecule has 0 rings (SSSR count). The Morgan fingerprint density at radius 2 is 2.21 bits per heavy atom. The van der Waals surface area contributed by atoms with Crippen molar-refractivity contribution < 1.29 is 4.79 Å². The van der Waals surface area contributed by atoms with Gasteiger partial charge in [-0.25, -0.2) is 0 Å². The molecule has 1 amide bonds. The molecule has 82 valence electrons. The highest BCUT2D eigenvalue weighted by molar-refractivity contribution is 5.77. The fourth-order valence-electron chi connectivity index (χ4n) is 0.939. The molecule has 0 aromatic carbocycles. The van der Waals surface area contributed by atoms with Gasteiger partial charge in [0.2, 0.25) is 6.41 Å². The Balaban J connectivity index is 3.32. The first kappa shape index (κ1) is 12.7. The quantitative estimate of drug-likeness (QED) is 0.220. The van der Waals surface area contributed by atoms with Gasteiger partial charge >= 0.3 is 0 Å². The summed E-state index contributed by atoms with van der Waals surface area (Å²) in [5.41, 5.74) is 5.56. The maximum atomic E-state index is 9.89. The molecule has 0 heterocycles. The predicted molar refractivity (Wildman–Crippen MR) is 58.1 cm³/mol. The number of hydrogen-bond donors (Lipinski definition) is 3. The Hall–Kier alpha value is -1.26. The van der Waals surface area contributed by atoms with Gasteiger partial charge in [-0.15, -0.1) is 0 Å². The third kappa shape index (κ3) is 8.83. The highest BCUT2D eigenvalue weighted by Gasteiger charge is 1.89. The van der Waals surface area contributed by atoms with E-state index in [-0.39, 0.29) is 0 Å². The molecule has 0 aromatic rings. The van der Waals surface area contributed by atoms with E-state index in [1.54, 1.807) is 0 Å². The van der Waals surface area contributed by atoms with Crippen LogP contribution in [0.5, 0.6) is 0 Å². The molecule has 0 aliphatic carbocycles. The Morgan fingerprint density at radius 3 is 2.86 bits per heavy atom. The number of carbonyl (C=O) groups excluding carboxylic acids is 1. The minimum atomic E-state index is 0.453. The van der Waals surface area contributed by atoms with Gasteiger partial charge in [0, 0.05) is 19.6 Å². The Labute approximate surface area is 85.2 Å². The Kier molecular flexibility index (Phi) is 8.94. The molecule has 0 atom stereocenters. The van der Waals surface area contributed by atoms with E-state index in [0.717, 1.165) is 13.0 Å². The number of nitrogens with one attached hydrogen (secondary N) is 2. The number of guanidine groups is 1. The van der Waals surface area contributed by atoms with Crippen molar-refractivity contribution in [3.63, 3.8) is 0 Å². The summed E-state index contributed by atoms with van der Waals surface area (Å²) in [4.78, 5) is 14.0. The van der Waals surface area contributed by atoms with Crippen molar-refractivity contribution in [1.82, 2.24) is 10.6 Å². The first-order valence-corrected chi connectivity index (χ1v) is 5.02. The molecule has 5 nitrogen and oxygen atoms in total. The molecule has 0 unspecified atom stereocenters. The third-order valence-corrected chi connectivity index (χ3v) is 1.70. The molecule has 0 saturated heterocycles. The van der Waals surface area contributed by atoms with E-state index in [2.05, 4.69) is 22.5 Å². The second kappa shape index (κ2) is 9.83. The molecular weight excluding hydrogens is 180 g/mol. The summed E-state index contributed by atoms with van der Waals surface area (Å²) in [6, 6.07) is 0. The maximum Gasteiger partial charge on any atom is 0.207 e. The van der Waals surface area contributed by atoms with Gasteiger partial charge in [0.15, 0.2) is 5.96 Å². The molecule has 0 aliphatic heterocycles. The van der Waals surface area contributed by atoms with Gasteiger partial charge in [0.25, 0.3) is 0 Å². The molecule has 0 spiro atoms. The van der Waals surface area contributed by atoms with Crippen LogP contribution in [0.1, 0.15) is 26.2 Å². The number of carbonyl (C=O) groups is 1. The number of amides is 1. The molecule has 0 radical (unpaired) electrons. The molecule has 0 aromatic heterocycles. The van der Waals surface area contributed by atoms with Crippen LogP contribution in [0.25, 0.3) is 0 Å². The zero-order valence-corrected chi connectivity index (χ0v) is 8.75. The third-order valence-electron chi connectivity index (χ3n) is 1.70. The summed E-state index contributed by atoms with van der Waals surface area (Å²) >= 11 is 0. The van der Waals surface area contributed by atoms with Crippen molar-refractivity contribution in [3.05, 3.63) is 0 Å². The van der Waals surface area contributed by atoms with E-state index in [9.17, 15) is 4.79 Å². The van der Waals surface area contributed by atoms with Crippen molar-refractivity contribution in [2.75, 3.05) is 19.6 Å². The molecule has 0 aliphatic rings. The zero-order valence-electron chi connectivity index (χ0n) is 8.75. The summed E-state index contributed by atoms with van der Waals surface area (Å²) in [6.07, 6.45) is 4.11. The first-order valence-electron chi connectivity index (χ1n) is 5.02. The average Bonchev–Trinajstić information content (AvgIpc) is 2.19. The van der Waals surface area contributed by atoms with Crippen molar-refractivity contribution in [3.8, 4) is 0 Å². The number of aliphatic imine (C=N–C) groups is 1.